The van der Waals surface area contributed by atoms with Crippen LogP contribution in [-0.2, 0) is 4.84 Å². The quantitative estimate of drug-likeness (QED) is 0.662. The van der Waals surface area contributed by atoms with Gasteiger partial charge in [-0.2, -0.15) is 0 Å². The fourth-order valence-electron chi connectivity index (χ4n) is 0.858. The van der Waals surface area contributed by atoms with Crippen molar-refractivity contribution >= 4 is 5.57 Å². The predicted octanol–water partition coefficient (Wildman–Crippen LogP) is 1.59. The van der Waals surface area contributed by atoms with E-state index in [4.69, 9.17) is 5.90 Å². The second kappa shape index (κ2) is 3.91. The second-order valence-electron chi connectivity index (χ2n) is 2.28. The van der Waals surface area contributed by atoms with Crippen LogP contribution in [0.15, 0.2) is 36.9 Å². The van der Waals surface area contributed by atoms with Crippen molar-refractivity contribution in [1.29, 1.82) is 0 Å². The Balaban J connectivity index is 2.69. The van der Waals surface area contributed by atoms with Crippen LogP contribution in [0.5, 0.6) is 0 Å². The average Bonchev–Trinajstić information content (AvgIpc) is 2.07. The third-order valence-electron chi connectivity index (χ3n) is 1.44. The fourth-order valence-corrected chi connectivity index (χ4v) is 0.858. The minimum Gasteiger partial charge on any atom is -0.300 e. The first-order valence-corrected chi connectivity index (χ1v) is 3.39. The molecule has 58 valence electrons. The molecule has 0 unspecified atom stereocenters. The van der Waals surface area contributed by atoms with Crippen LogP contribution in [0.4, 0.5) is 0 Å². The molecule has 1 rings (SSSR count). The van der Waals surface area contributed by atoms with Crippen molar-refractivity contribution < 1.29 is 4.84 Å². The van der Waals surface area contributed by atoms with Crippen LogP contribution in [-0.4, -0.2) is 6.61 Å². The van der Waals surface area contributed by atoms with Crippen LogP contribution < -0.4 is 5.90 Å². The van der Waals surface area contributed by atoms with Crippen LogP contribution >= 0.6 is 0 Å². The normalized spacial score (nSPS) is 9.55. The summed E-state index contributed by atoms with van der Waals surface area (Å²) in [5.41, 5.74) is 1.96. The van der Waals surface area contributed by atoms with Gasteiger partial charge < -0.3 is 0 Å². The van der Waals surface area contributed by atoms with Gasteiger partial charge >= 0.3 is 0 Å². The maximum Gasteiger partial charge on any atom is 0.0930 e. The summed E-state index contributed by atoms with van der Waals surface area (Å²) in [7, 11) is 0. The van der Waals surface area contributed by atoms with Crippen LogP contribution in [0.1, 0.15) is 5.56 Å². The molecule has 1 aromatic rings. The maximum atomic E-state index is 4.91. The average molecular weight is 149 g/mol. The first-order valence-electron chi connectivity index (χ1n) is 3.39. The molecule has 0 saturated carbocycles. The van der Waals surface area contributed by atoms with Crippen molar-refractivity contribution in [3.05, 3.63) is 42.5 Å². The van der Waals surface area contributed by atoms with Crippen LogP contribution in [0, 0.1) is 0 Å². The van der Waals surface area contributed by atoms with E-state index in [0.717, 1.165) is 11.1 Å². The first kappa shape index (κ1) is 7.98. The molecule has 0 spiro atoms. The minimum atomic E-state index is 0.379. The lowest BCUT2D eigenvalue weighted by molar-refractivity contribution is 0.173. The largest absolute Gasteiger partial charge is 0.300 e. The van der Waals surface area contributed by atoms with Gasteiger partial charge in [0.05, 0.1) is 6.61 Å². The Bertz CT molecular complexity index is 231. The van der Waals surface area contributed by atoms with Gasteiger partial charge in [0.1, 0.15) is 0 Å². The zero-order valence-corrected chi connectivity index (χ0v) is 6.29. The molecule has 0 radical (unpaired) electrons. The van der Waals surface area contributed by atoms with Crippen molar-refractivity contribution in [2.75, 3.05) is 6.61 Å². The standard InChI is InChI=1S/C9H11NO/c1-8(7-11-10)9-5-3-2-4-6-9/h2-6H,1,7,10H2. The van der Waals surface area contributed by atoms with Crippen LogP contribution in [0.3, 0.4) is 0 Å². The molecule has 11 heavy (non-hydrogen) atoms. The lowest BCUT2D eigenvalue weighted by atomic mass is 10.1. The van der Waals surface area contributed by atoms with E-state index in [1.807, 2.05) is 30.3 Å². The molecule has 0 saturated heterocycles. The third kappa shape index (κ3) is 2.18. The highest BCUT2D eigenvalue weighted by Gasteiger charge is 1.95. The van der Waals surface area contributed by atoms with E-state index in [-0.39, 0.29) is 0 Å². The summed E-state index contributed by atoms with van der Waals surface area (Å²) in [6, 6.07) is 9.82. The molecular weight excluding hydrogens is 138 g/mol. The summed E-state index contributed by atoms with van der Waals surface area (Å²) in [4.78, 5) is 4.46. The Morgan fingerprint density at radius 3 is 2.55 bits per heavy atom. The zero-order chi connectivity index (χ0) is 8.10. The molecule has 0 bridgehead atoms. The van der Waals surface area contributed by atoms with E-state index >= 15 is 0 Å². The molecule has 0 aliphatic carbocycles. The molecule has 2 nitrogen and oxygen atoms in total. The van der Waals surface area contributed by atoms with E-state index in [9.17, 15) is 0 Å². The van der Waals surface area contributed by atoms with E-state index in [2.05, 4.69) is 11.4 Å². The minimum absolute atomic E-state index is 0.379. The van der Waals surface area contributed by atoms with Gasteiger partial charge in [-0.25, -0.2) is 5.90 Å². The molecule has 0 fully saturated rings. The zero-order valence-electron chi connectivity index (χ0n) is 6.29. The monoisotopic (exact) mass is 149 g/mol. The molecule has 0 atom stereocenters. The third-order valence-corrected chi connectivity index (χ3v) is 1.44. The van der Waals surface area contributed by atoms with E-state index < -0.39 is 0 Å². The van der Waals surface area contributed by atoms with Crippen molar-refractivity contribution in [3.63, 3.8) is 0 Å². The molecular formula is C9H11NO. The summed E-state index contributed by atoms with van der Waals surface area (Å²) in [5.74, 6) is 4.91. The number of hydrogen-bond acceptors (Lipinski definition) is 2. The SMILES string of the molecule is C=C(CON)c1ccccc1. The summed E-state index contributed by atoms with van der Waals surface area (Å²) < 4.78 is 0. The maximum absolute atomic E-state index is 4.91. The molecule has 0 aliphatic heterocycles. The van der Waals surface area contributed by atoms with E-state index in [1.54, 1.807) is 0 Å². The highest BCUT2D eigenvalue weighted by atomic mass is 16.6. The number of hydrogen-bond donors (Lipinski definition) is 1. The Labute approximate surface area is 66.2 Å². The van der Waals surface area contributed by atoms with Gasteiger partial charge in [-0.1, -0.05) is 36.9 Å². The smallest absolute Gasteiger partial charge is 0.0930 e. The second-order valence-corrected chi connectivity index (χ2v) is 2.28. The van der Waals surface area contributed by atoms with Gasteiger partial charge in [-0.3, -0.25) is 4.84 Å². The Morgan fingerprint density at radius 1 is 1.36 bits per heavy atom. The molecule has 0 amide bonds. The molecule has 2 heteroatoms. The molecule has 1 aromatic carbocycles. The Kier molecular flexibility index (Phi) is 2.83. The van der Waals surface area contributed by atoms with Gasteiger partial charge in [-0.05, 0) is 11.1 Å². The van der Waals surface area contributed by atoms with Gasteiger partial charge in [0.25, 0.3) is 0 Å². The summed E-state index contributed by atoms with van der Waals surface area (Å²) >= 11 is 0. The van der Waals surface area contributed by atoms with Gasteiger partial charge in [-0.15, -0.1) is 0 Å². The van der Waals surface area contributed by atoms with Crippen molar-refractivity contribution in [3.8, 4) is 0 Å². The molecule has 0 aromatic heterocycles. The molecule has 0 heterocycles. The number of benzene rings is 1. The summed E-state index contributed by atoms with van der Waals surface area (Å²) in [6.45, 7) is 4.19. The highest BCUT2D eigenvalue weighted by Crippen LogP contribution is 2.10. The topological polar surface area (TPSA) is 35.2 Å². The Hall–Kier alpha value is -1.12. The highest BCUT2D eigenvalue weighted by molar-refractivity contribution is 5.63. The predicted molar refractivity (Wildman–Crippen MR) is 45.6 cm³/mol. The molecule has 2 N–H and O–H groups in total. The van der Waals surface area contributed by atoms with Crippen LogP contribution in [0.25, 0.3) is 5.57 Å². The fraction of sp³-hybridized carbons (Fsp3) is 0.111. The van der Waals surface area contributed by atoms with Crippen molar-refractivity contribution in [2.45, 2.75) is 0 Å². The van der Waals surface area contributed by atoms with Gasteiger partial charge in [0.15, 0.2) is 0 Å². The van der Waals surface area contributed by atoms with Crippen molar-refractivity contribution in [2.24, 2.45) is 5.90 Å². The Morgan fingerprint density at radius 2 is 2.00 bits per heavy atom. The van der Waals surface area contributed by atoms with Gasteiger partial charge in [0.2, 0.25) is 0 Å². The summed E-state index contributed by atoms with van der Waals surface area (Å²) in [5, 5.41) is 0. The summed E-state index contributed by atoms with van der Waals surface area (Å²) in [6.07, 6.45) is 0. The number of rotatable bonds is 3. The van der Waals surface area contributed by atoms with E-state index in [0.29, 0.717) is 6.61 Å². The first-order chi connectivity index (χ1) is 5.34. The number of nitrogens with two attached hydrogens (primary N) is 1. The van der Waals surface area contributed by atoms with Crippen LogP contribution in [0.2, 0.25) is 0 Å². The van der Waals surface area contributed by atoms with E-state index in [1.165, 1.54) is 0 Å². The lowest BCUT2D eigenvalue weighted by Gasteiger charge is -2.02. The lowest BCUT2D eigenvalue weighted by Crippen LogP contribution is -2.01. The molecule has 0 aliphatic rings. The van der Waals surface area contributed by atoms with Gasteiger partial charge in [0, 0.05) is 0 Å². The van der Waals surface area contributed by atoms with Crippen molar-refractivity contribution in [1.82, 2.24) is 0 Å².